The molecule has 0 aliphatic carbocycles. The fourth-order valence-corrected chi connectivity index (χ4v) is 2.76. The molecule has 1 aliphatic rings. The first kappa shape index (κ1) is 20.3. The Balaban J connectivity index is 1.99. The van der Waals surface area contributed by atoms with E-state index in [4.69, 9.17) is 14.2 Å². The zero-order chi connectivity index (χ0) is 20.0. The molecule has 0 spiro atoms. The number of hydrogen-bond acceptors (Lipinski definition) is 8. The first-order chi connectivity index (χ1) is 12.9. The van der Waals surface area contributed by atoms with Gasteiger partial charge in [0.25, 0.3) is 0 Å². The number of phenolic OH excluding ortho intramolecular Hbond substituents is 2. The van der Waals surface area contributed by atoms with Crippen LogP contribution in [0.25, 0.3) is 0 Å². The van der Waals surface area contributed by atoms with Crippen molar-refractivity contribution in [2.24, 2.45) is 5.92 Å². The molecule has 0 saturated heterocycles. The molecule has 3 N–H and O–H groups in total. The summed E-state index contributed by atoms with van der Waals surface area (Å²) in [6, 6.07) is 4.34. The molecule has 0 bridgehead atoms. The molecule has 2 atom stereocenters. The van der Waals surface area contributed by atoms with E-state index in [-0.39, 0.29) is 30.1 Å². The van der Waals surface area contributed by atoms with Gasteiger partial charge in [-0.15, -0.1) is 0 Å². The van der Waals surface area contributed by atoms with Crippen LogP contribution < -0.4 is 0 Å². The lowest BCUT2D eigenvalue weighted by Gasteiger charge is -2.28. The highest BCUT2D eigenvalue weighted by molar-refractivity contribution is 5.90. The summed E-state index contributed by atoms with van der Waals surface area (Å²) >= 11 is 0. The Morgan fingerprint density at radius 3 is 2.63 bits per heavy atom. The first-order valence-electron chi connectivity index (χ1n) is 8.31. The second kappa shape index (κ2) is 9.09. The molecule has 0 saturated carbocycles. The third-order valence-electron chi connectivity index (χ3n) is 4.21. The lowest BCUT2D eigenvalue weighted by atomic mass is 9.86. The van der Waals surface area contributed by atoms with Crippen molar-refractivity contribution in [3.05, 3.63) is 47.2 Å². The van der Waals surface area contributed by atoms with E-state index in [0.29, 0.717) is 17.6 Å². The number of aliphatic hydroxyl groups excluding tert-OH is 1. The highest BCUT2D eigenvalue weighted by atomic mass is 16.6. The van der Waals surface area contributed by atoms with Crippen molar-refractivity contribution >= 4 is 11.9 Å². The minimum atomic E-state index is -1.25. The Morgan fingerprint density at radius 1 is 1.26 bits per heavy atom. The van der Waals surface area contributed by atoms with E-state index >= 15 is 0 Å². The van der Waals surface area contributed by atoms with Gasteiger partial charge in [-0.3, -0.25) is 4.79 Å². The van der Waals surface area contributed by atoms with Gasteiger partial charge in [0.05, 0.1) is 32.0 Å². The zero-order valence-electron chi connectivity index (χ0n) is 15.0. The van der Waals surface area contributed by atoms with Gasteiger partial charge >= 0.3 is 11.9 Å². The van der Waals surface area contributed by atoms with E-state index in [2.05, 4.69) is 0 Å². The molecule has 0 aromatic heterocycles. The van der Waals surface area contributed by atoms with E-state index in [1.165, 1.54) is 19.2 Å². The van der Waals surface area contributed by atoms with Crippen molar-refractivity contribution in [3.63, 3.8) is 0 Å². The predicted molar refractivity (Wildman–Crippen MR) is 93.5 cm³/mol. The van der Waals surface area contributed by atoms with Crippen molar-refractivity contribution in [3.8, 4) is 11.5 Å². The number of allylic oxidation sites excluding steroid dienone is 1. The summed E-state index contributed by atoms with van der Waals surface area (Å²) in [5.41, 5.74) is 1.18. The molecule has 8 nitrogen and oxygen atoms in total. The smallest absolute Gasteiger partial charge is 0.337 e. The number of aromatic hydroxyl groups is 2. The molecule has 0 fully saturated rings. The van der Waals surface area contributed by atoms with Gasteiger partial charge in [-0.2, -0.15) is 0 Å². The Kier molecular flexibility index (Phi) is 6.84. The summed E-state index contributed by atoms with van der Waals surface area (Å²) in [7, 11) is 1.21. The Labute approximate surface area is 156 Å². The summed E-state index contributed by atoms with van der Waals surface area (Å²) in [4.78, 5) is 24.1. The summed E-state index contributed by atoms with van der Waals surface area (Å²) in [5, 5.41) is 28.7. The lowest BCUT2D eigenvalue weighted by molar-refractivity contribution is -0.145. The van der Waals surface area contributed by atoms with Crippen LogP contribution in [0.5, 0.6) is 11.5 Å². The van der Waals surface area contributed by atoms with Crippen LogP contribution in [0.1, 0.15) is 18.9 Å². The van der Waals surface area contributed by atoms with Gasteiger partial charge in [-0.05, 0) is 24.6 Å². The number of aliphatic hydroxyl groups is 1. The maximum absolute atomic E-state index is 12.2. The molecular formula is C19H22O8. The maximum atomic E-state index is 12.2. The van der Waals surface area contributed by atoms with Gasteiger partial charge in [-0.1, -0.05) is 12.1 Å². The second-order valence-corrected chi connectivity index (χ2v) is 5.89. The van der Waals surface area contributed by atoms with Gasteiger partial charge in [0.1, 0.15) is 0 Å². The summed E-state index contributed by atoms with van der Waals surface area (Å²) < 4.78 is 14.9. The second-order valence-electron chi connectivity index (χ2n) is 5.89. The van der Waals surface area contributed by atoms with E-state index in [9.17, 15) is 24.9 Å². The fraction of sp³-hybridized carbons (Fsp3) is 0.368. The topological polar surface area (TPSA) is 123 Å². The molecule has 2 rings (SSSR count). The third kappa shape index (κ3) is 5.01. The minimum Gasteiger partial charge on any atom is -0.504 e. The van der Waals surface area contributed by atoms with Crippen LogP contribution in [0.15, 0.2) is 41.7 Å². The summed E-state index contributed by atoms with van der Waals surface area (Å²) in [6.07, 6.45) is 1.60. The molecular weight excluding hydrogens is 356 g/mol. The van der Waals surface area contributed by atoms with Crippen molar-refractivity contribution in [2.75, 3.05) is 13.7 Å². The number of methoxy groups -OCH3 is 1. The minimum absolute atomic E-state index is 0.0528. The van der Waals surface area contributed by atoms with Crippen LogP contribution in [0.3, 0.4) is 0 Å². The first-order valence-corrected chi connectivity index (χ1v) is 8.31. The van der Waals surface area contributed by atoms with E-state index in [1.54, 1.807) is 19.1 Å². The third-order valence-corrected chi connectivity index (χ3v) is 4.21. The predicted octanol–water partition coefficient (Wildman–Crippen LogP) is 1.54. The van der Waals surface area contributed by atoms with Crippen molar-refractivity contribution in [1.29, 1.82) is 0 Å². The van der Waals surface area contributed by atoms with E-state index in [1.807, 2.05) is 0 Å². The zero-order valence-corrected chi connectivity index (χ0v) is 15.0. The van der Waals surface area contributed by atoms with Crippen LogP contribution in [0, 0.1) is 5.92 Å². The number of ether oxygens (including phenoxy) is 3. The van der Waals surface area contributed by atoms with Crippen LogP contribution >= 0.6 is 0 Å². The molecule has 1 heterocycles. The number of hydrogen-bond donors (Lipinski definition) is 3. The van der Waals surface area contributed by atoms with Crippen molar-refractivity contribution < 1.29 is 39.1 Å². The van der Waals surface area contributed by atoms with Gasteiger partial charge in [0, 0.05) is 17.9 Å². The number of rotatable bonds is 6. The Bertz CT molecular complexity index is 765. The Hall–Kier alpha value is -3.00. The van der Waals surface area contributed by atoms with Crippen LogP contribution in [0.2, 0.25) is 0 Å². The summed E-state index contributed by atoms with van der Waals surface area (Å²) in [5.74, 6) is -2.41. The largest absolute Gasteiger partial charge is 0.504 e. The Morgan fingerprint density at radius 2 is 2.00 bits per heavy atom. The molecule has 27 heavy (non-hydrogen) atoms. The molecule has 0 amide bonds. The van der Waals surface area contributed by atoms with E-state index < -0.39 is 24.1 Å². The lowest BCUT2D eigenvalue weighted by Crippen LogP contribution is -2.31. The average molecular weight is 378 g/mol. The number of carbonyl (C=O) groups is 2. The highest BCUT2D eigenvalue weighted by Gasteiger charge is 2.35. The molecule has 1 aromatic rings. The van der Waals surface area contributed by atoms with Gasteiger partial charge in [-0.25, -0.2) is 4.79 Å². The quantitative estimate of drug-likeness (QED) is 0.387. The number of phenols is 2. The standard InChI is InChI=1S/C19H22O8/c1-3-12-13(14(18(23)25-2)10-27-19(12)24)9-17(22)26-7-6-11-4-5-15(20)16(21)8-11/h3-5,8,10,13,19-21,24H,6-7,9H2,1-2H3/b12-3-. The highest BCUT2D eigenvalue weighted by Crippen LogP contribution is 2.33. The molecule has 1 aliphatic heterocycles. The molecule has 2 unspecified atom stereocenters. The molecule has 0 radical (unpaired) electrons. The molecule has 8 heteroatoms. The SMILES string of the molecule is C/C=C1\C(O)OC=C(C(=O)OC)C1CC(=O)OCCc1ccc(O)c(O)c1. The summed E-state index contributed by atoms with van der Waals surface area (Å²) in [6.45, 7) is 1.72. The van der Waals surface area contributed by atoms with Crippen LogP contribution in [-0.4, -0.2) is 47.3 Å². The maximum Gasteiger partial charge on any atom is 0.337 e. The van der Waals surface area contributed by atoms with Gasteiger partial charge in [0.15, 0.2) is 11.5 Å². The number of benzene rings is 1. The molecule has 146 valence electrons. The molecule has 1 aromatic carbocycles. The fourth-order valence-electron chi connectivity index (χ4n) is 2.76. The van der Waals surface area contributed by atoms with Crippen molar-refractivity contribution in [1.82, 2.24) is 0 Å². The number of esters is 2. The van der Waals surface area contributed by atoms with E-state index in [0.717, 1.165) is 6.26 Å². The normalized spacial score (nSPS) is 20.6. The van der Waals surface area contributed by atoms with Gasteiger partial charge in [0.2, 0.25) is 6.29 Å². The monoisotopic (exact) mass is 378 g/mol. The number of carbonyl (C=O) groups excluding carboxylic acids is 2. The van der Waals surface area contributed by atoms with Crippen molar-refractivity contribution in [2.45, 2.75) is 26.1 Å². The van der Waals surface area contributed by atoms with Gasteiger partial charge < -0.3 is 29.5 Å². The van der Waals surface area contributed by atoms with Crippen LogP contribution in [-0.2, 0) is 30.2 Å². The van der Waals surface area contributed by atoms with Crippen LogP contribution in [0.4, 0.5) is 0 Å². The average Bonchev–Trinajstić information content (AvgIpc) is 2.64.